The molecule has 0 fully saturated rings. The summed E-state index contributed by atoms with van der Waals surface area (Å²) in [5, 5.41) is 5.30. The molecule has 10 nitrogen and oxygen atoms in total. The maximum Gasteiger partial charge on any atom is 0.330 e. The SMILES string of the molecule is CNC(=O)c1ccc(NC(=O)CN(CC(C)C)c2c(N)n(CC(C)C)c(=O)[nH]c2=O)cc1. The number of nitrogen functional groups attached to an aromatic ring is 1. The maximum atomic E-state index is 12.8. The highest BCUT2D eigenvalue weighted by molar-refractivity contribution is 5.96. The van der Waals surface area contributed by atoms with Gasteiger partial charge in [0.2, 0.25) is 5.91 Å². The van der Waals surface area contributed by atoms with E-state index in [2.05, 4.69) is 15.6 Å². The first-order valence-corrected chi connectivity index (χ1v) is 10.5. The maximum absolute atomic E-state index is 12.8. The Morgan fingerprint density at radius 3 is 2.25 bits per heavy atom. The zero-order chi connectivity index (χ0) is 24.0. The lowest BCUT2D eigenvalue weighted by Crippen LogP contribution is -2.43. The van der Waals surface area contributed by atoms with E-state index in [4.69, 9.17) is 5.73 Å². The first kappa shape index (κ1) is 24.7. The van der Waals surface area contributed by atoms with Crippen LogP contribution in [-0.2, 0) is 11.3 Å². The molecule has 1 heterocycles. The summed E-state index contributed by atoms with van der Waals surface area (Å²) in [5.74, 6) is -0.293. The fourth-order valence-corrected chi connectivity index (χ4v) is 3.33. The number of carbonyl (C=O) groups is 2. The Kier molecular flexibility index (Phi) is 8.22. The number of amides is 2. The fraction of sp³-hybridized carbons (Fsp3) is 0.455. The molecule has 0 atom stereocenters. The average Bonchev–Trinajstić information content (AvgIpc) is 2.70. The van der Waals surface area contributed by atoms with Crippen molar-refractivity contribution in [2.75, 3.05) is 36.1 Å². The van der Waals surface area contributed by atoms with Crippen molar-refractivity contribution in [3.8, 4) is 0 Å². The molecule has 5 N–H and O–H groups in total. The van der Waals surface area contributed by atoms with Crippen LogP contribution in [0.4, 0.5) is 17.2 Å². The lowest BCUT2D eigenvalue weighted by Gasteiger charge is -2.27. The summed E-state index contributed by atoms with van der Waals surface area (Å²) in [6.45, 7) is 8.37. The Balaban J connectivity index is 2.31. The van der Waals surface area contributed by atoms with E-state index in [-0.39, 0.29) is 41.7 Å². The quantitative estimate of drug-likeness (QED) is 0.458. The molecule has 0 aliphatic heterocycles. The minimum Gasteiger partial charge on any atom is -0.383 e. The summed E-state index contributed by atoms with van der Waals surface area (Å²) >= 11 is 0. The van der Waals surface area contributed by atoms with Crippen LogP contribution >= 0.6 is 0 Å². The Hall–Kier alpha value is -3.56. The number of H-pyrrole nitrogens is 1. The second-order valence-corrected chi connectivity index (χ2v) is 8.48. The van der Waals surface area contributed by atoms with Crippen molar-refractivity contribution >= 4 is 29.0 Å². The Bertz CT molecular complexity index is 1070. The van der Waals surface area contributed by atoms with Gasteiger partial charge in [0.25, 0.3) is 11.5 Å². The highest BCUT2D eigenvalue weighted by Gasteiger charge is 2.22. The number of anilines is 3. The lowest BCUT2D eigenvalue weighted by molar-refractivity contribution is -0.115. The van der Waals surface area contributed by atoms with Gasteiger partial charge in [0.05, 0.1) is 6.54 Å². The second-order valence-electron chi connectivity index (χ2n) is 8.48. The van der Waals surface area contributed by atoms with Gasteiger partial charge in [-0.25, -0.2) is 4.79 Å². The van der Waals surface area contributed by atoms with Crippen molar-refractivity contribution in [3.05, 3.63) is 50.7 Å². The number of hydrogen-bond acceptors (Lipinski definition) is 6. The summed E-state index contributed by atoms with van der Waals surface area (Å²) in [6.07, 6.45) is 0. The van der Waals surface area contributed by atoms with E-state index in [9.17, 15) is 19.2 Å². The van der Waals surface area contributed by atoms with Gasteiger partial charge < -0.3 is 21.3 Å². The van der Waals surface area contributed by atoms with Crippen LogP contribution in [-0.4, -0.2) is 41.5 Å². The van der Waals surface area contributed by atoms with Crippen molar-refractivity contribution < 1.29 is 9.59 Å². The minimum absolute atomic E-state index is 0.0378. The largest absolute Gasteiger partial charge is 0.383 e. The number of nitrogens with one attached hydrogen (secondary N) is 3. The molecule has 2 rings (SSSR count). The molecule has 1 aromatic carbocycles. The van der Waals surface area contributed by atoms with Gasteiger partial charge in [0.1, 0.15) is 11.5 Å². The lowest BCUT2D eigenvalue weighted by atomic mass is 10.2. The van der Waals surface area contributed by atoms with Crippen molar-refractivity contribution in [1.29, 1.82) is 0 Å². The van der Waals surface area contributed by atoms with E-state index < -0.39 is 11.2 Å². The molecule has 10 heteroatoms. The van der Waals surface area contributed by atoms with Crippen molar-refractivity contribution in [2.45, 2.75) is 34.2 Å². The molecule has 0 radical (unpaired) electrons. The van der Waals surface area contributed by atoms with E-state index in [1.807, 2.05) is 27.7 Å². The predicted molar refractivity (Wildman–Crippen MR) is 126 cm³/mol. The molecule has 1 aromatic heterocycles. The molecule has 0 aliphatic rings. The van der Waals surface area contributed by atoms with Gasteiger partial charge in [-0.3, -0.25) is 23.9 Å². The highest BCUT2D eigenvalue weighted by atomic mass is 16.2. The smallest absolute Gasteiger partial charge is 0.330 e. The van der Waals surface area contributed by atoms with Crippen LogP contribution in [0.3, 0.4) is 0 Å². The third-order valence-corrected chi connectivity index (χ3v) is 4.66. The second kappa shape index (κ2) is 10.7. The summed E-state index contributed by atoms with van der Waals surface area (Å²) in [6, 6.07) is 6.45. The number of benzene rings is 1. The zero-order valence-corrected chi connectivity index (χ0v) is 19.2. The van der Waals surface area contributed by atoms with E-state index in [0.29, 0.717) is 24.3 Å². The molecule has 0 bridgehead atoms. The Morgan fingerprint density at radius 2 is 1.72 bits per heavy atom. The third-order valence-electron chi connectivity index (χ3n) is 4.66. The molecule has 0 saturated heterocycles. The summed E-state index contributed by atoms with van der Waals surface area (Å²) < 4.78 is 1.32. The van der Waals surface area contributed by atoms with E-state index in [0.717, 1.165) is 0 Å². The van der Waals surface area contributed by atoms with Crippen LogP contribution in [0.2, 0.25) is 0 Å². The Labute approximate surface area is 186 Å². The minimum atomic E-state index is -0.629. The van der Waals surface area contributed by atoms with Gasteiger partial charge >= 0.3 is 5.69 Å². The molecular formula is C22H32N6O4. The van der Waals surface area contributed by atoms with Crippen molar-refractivity contribution in [1.82, 2.24) is 14.9 Å². The molecule has 0 spiro atoms. The summed E-state index contributed by atoms with van der Waals surface area (Å²) in [7, 11) is 1.54. The normalized spacial score (nSPS) is 11.0. The number of hydrogen-bond donors (Lipinski definition) is 4. The van der Waals surface area contributed by atoms with Gasteiger partial charge in [0.15, 0.2) is 0 Å². The molecule has 0 saturated carbocycles. The standard InChI is InChI=1S/C22H32N6O4/c1-13(2)10-27(18-19(23)28(11-14(3)4)22(32)26-21(18)31)12-17(29)25-16-8-6-15(7-9-16)20(30)24-5/h6-9,13-14H,10-12,23H2,1-5H3,(H,24,30)(H,25,29)(H,26,31,32). The Morgan fingerprint density at radius 1 is 1.09 bits per heavy atom. The molecular weight excluding hydrogens is 412 g/mol. The number of nitrogens with two attached hydrogens (primary N) is 1. The molecule has 2 amide bonds. The molecule has 174 valence electrons. The zero-order valence-electron chi connectivity index (χ0n) is 19.2. The molecule has 32 heavy (non-hydrogen) atoms. The van der Waals surface area contributed by atoms with E-state index in [1.54, 1.807) is 36.2 Å². The predicted octanol–water partition coefficient (Wildman–Crippen LogP) is 1.24. The van der Waals surface area contributed by atoms with Crippen LogP contribution in [0.1, 0.15) is 38.1 Å². The molecule has 0 unspecified atom stereocenters. The van der Waals surface area contributed by atoms with E-state index in [1.165, 1.54) is 4.57 Å². The van der Waals surface area contributed by atoms with Crippen LogP contribution in [0.25, 0.3) is 0 Å². The van der Waals surface area contributed by atoms with Crippen LogP contribution in [0, 0.1) is 11.8 Å². The number of aromatic nitrogens is 2. The van der Waals surface area contributed by atoms with Crippen LogP contribution < -0.4 is 32.5 Å². The molecule has 0 aliphatic carbocycles. The van der Waals surface area contributed by atoms with Gasteiger partial charge in [-0.05, 0) is 36.1 Å². The monoisotopic (exact) mass is 444 g/mol. The number of nitrogens with zero attached hydrogens (tertiary/aromatic N) is 2. The van der Waals surface area contributed by atoms with Gasteiger partial charge in [0, 0.05) is 31.4 Å². The fourth-order valence-electron chi connectivity index (χ4n) is 3.33. The van der Waals surface area contributed by atoms with Crippen molar-refractivity contribution in [2.24, 2.45) is 11.8 Å². The van der Waals surface area contributed by atoms with Crippen molar-refractivity contribution in [3.63, 3.8) is 0 Å². The third kappa shape index (κ3) is 6.22. The first-order valence-electron chi connectivity index (χ1n) is 10.5. The van der Waals surface area contributed by atoms with Gasteiger partial charge in [-0.2, -0.15) is 0 Å². The summed E-state index contributed by atoms with van der Waals surface area (Å²) in [5.41, 5.74) is 6.11. The topological polar surface area (TPSA) is 142 Å². The summed E-state index contributed by atoms with van der Waals surface area (Å²) in [4.78, 5) is 53.2. The van der Waals surface area contributed by atoms with E-state index >= 15 is 0 Å². The van der Waals surface area contributed by atoms with Gasteiger partial charge in [-0.1, -0.05) is 27.7 Å². The number of rotatable bonds is 9. The average molecular weight is 445 g/mol. The van der Waals surface area contributed by atoms with Gasteiger partial charge in [-0.15, -0.1) is 0 Å². The highest BCUT2D eigenvalue weighted by Crippen LogP contribution is 2.19. The molecule has 2 aromatic rings. The first-order chi connectivity index (χ1) is 15.0. The number of carbonyl (C=O) groups excluding carboxylic acids is 2. The van der Waals surface area contributed by atoms with Crippen LogP contribution in [0.5, 0.6) is 0 Å². The van der Waals surface area contributed by atoms with Crippen LogP contribution in [0.15, 0.2) is 33.9 Å². The number of aromatic amines is 1.